The van der Waals surface area contributed by atoms with Crippen LogP contribution in [0.5, 0.6) is 0 Å². The Morgan fingerprint density at radius 3 is 3.04 bits per heavy atom. The molecule has 0 radical (unpaired) electrons. The van der Waals surface area contributed by atoms with Crippen molar-refractivity contribution in [3.63, 3.8) is 0 Å². The second-order valence-electron chi connectivity index (χ2n) is 6.93. The summed E-state index contributed by atoms with van der Waals surface area (Å²) in [5.41, 5.74) is 3.91. The van der Waals surface area contributed by atoms with Crippen molar-refractivity contribution in [1.82, 2.24) is 9.47 Å². The molecule has 1 aromatic carbocycles. The van der Waals surface area contributed by atoms with Gasteiger partial charge in [0, 0.05) is 23.9 Å². The van der Waals surface area contributed by atoms with Crippen molar-refractivity contribution in [3.05, 3.63) is 47.7 Å². The number of benzene rings is 1. The van der Waals surface area contributed by atoms with Crippen LogP contribution in [0.2, 0.25) is 0 Å². The maximum Gasteiger partial charge on any atom is 0.418 e. The average Bonchev–Trinajstić information content (AvgIpc) is 2.97. The highest BCUT2D eigenvalue weighted by Gasteiger charge is 2.39. The van der Waals surface area contributed by atoms with Crippen molar-refractivity contribution in [2.75, 3.05) is 20.2 Å². The van der Waals surface area contributed by atoms with Gasteiger partial charge in [-0.25, -0.2) is 9.36 Å². The fourth-order valence-electron chi connectivity index (χ4n) is 4.85. The molecule has 1 saturated heterocycles. The van der Waals surface area contributed by atoms with Crippen LogP contribution in [0.1, 0.15) is 35.6 Å². The van der Waals surface area contributed by atoms with Gasteiger partial charge >= 0.3 is 6.09 Å². The van der Waals surface area contributed by atoms with Gasteiger partial charge in [-0.05, 0) is 43.0 Å². The molecule has 132 valence electrons. The van der Waals surface area contributed by atoms with Crippen LogP contribution < -0.4 is 0 Å². The summed E-state index contributed by atoms with van der Waals surface area (Å²) < 4.78 is 6.52. The normalized spacial score (nSPS) is 22.6. The van der Waals surface area contributed by atoms with Crippen LogP contribution in [0.15, 0.2) is 30.9 Å². The minimum absolute atomic E-state index is 0.169. The first kappa shape index (κ1) is 16.4. The van der Waals surface area contributed by atoms with Crippen molar-refractivity contribution >= 4 is 17.0 Å². The number of fused-ring (bicyclic) bond motifs is 2. The summed E-state index contributed by atoms with van der Waals surface area (Å²) in [5, 5.41) is 11.1. The third kappa shape index (κ3) is 2.34. The second kappa shape index (κ2) is 6.32. The Kier molecular flexibility index (Phi) is 4.13. The van der Waals surface area contributed by atoms with Gasteiger partial charge in [0.2, 0.25) is 0 Å². The van der Waals surface area contributed by atoms with E-state index >= 15 is 0 Å². The molecule has 2 aliphatic rings. The van der Waals surface area contributed by atoms with Crippen LogP contribution >= 0.6 is 0 Å². The molecule has 0 unspecified atom stereocenters. The second-order valence-corrected chi connectivity index (χ2v) is 6.93. The van der Waals surface area contributed by atoms with Crippen molar-refractivity contribution in [2.45, 2.75) is 37.8 Å². The van der Waals surface area contributed by atoms with Gasteiger partial charge in [-0.3, -0.25) is 4.90 Å². The van der Waals surface area contributed by atoms with Gasteiger partial charge in [-0.2, -0.15) is 0 Å². The highest BCUT2D eigenvalue weighted by molar-refractivity contribution is 5.96. The summed E-state index contributed by atoms with van der Waals surface area (Å²) in [7, 11) is 1.38. The number of nitrogens with zero attached hydrogens (tertiary/aromatic N) is 2. The number of carbonyl (C=O) groups excluding carboxylic acids is 1. The molecule has 1 aliphatic carbocycles. The van der Waals surface area contributed by atoms with Gasteiger partial charge in [0.1, 0.15) is 0 Å². The van der Waals surface area contributed by atoms with E-state index in [4.69, 9.17) is 4.74 Å². The number of hydrogen-bond acceptors (Lipinski definition) is 4. The number of aromatic nitrogens is 1. The van der Waals surface area contributed by atoms with Crippen LogP contribution in [0.4, 0.5) is 4.79 Å². The number of ether oxygens (including phenoxy) is 1. The van der Waals surface area contributed by atoms with Crippen molar-refractivity contribution in [3.8, 4) is 0 Å². The molecule has 5 heteroatoms. The quantitative estimate of drug-likeness (QED) is 0.873. The first-order valence-corrected chi connectivity index (χ1v) is 8.90. The van der Waals surface area contributed by atoms with E-state index < -0.39 is 6.09 Å². The first-order valence-electron chi connectivity index (χ1n) is 8.90. The Labute approximate surface area is 147 Å². The lowest BCUT2D eigenvalue weighted by Crippen LogP contribution is -2.46. The molecular weight excluding hydrogens is 316 g/mol. The number of likely N-dealkylation sites (tertiary alicyclic amines) is 1. The van der Waals surface area contributed by atoms with E-state index in [2.05, 4.69) is 17.5 Å². The molecular formula is C20H24N2O3. The zero-order chi connectivity index (χ0) is 17.6. The maximum absolute atomic E-state index is 12.4. The minimum atomic E-state index is -0.440. The zero-order valence-electron chi connectivity index (χ0n) is 14.6. The van der Waals surface area contributed by atoms with E-state index in [1.165, 1.54) is 19.1 Å². The third-order valence-corrected chi connectivity index (χ3v) is 5.81. The lowest BCUT2D eigenvalue weighted by Gasteiger charge is -2.44. The molecule has 2 aromatic rings. The minimum Gasteiger partial charge on any atom is -0.452 e. The van der Waals surface area contributed by atoms with E-state index in [0.29, 0.717) is 17.7 Å². The molecule has 0 saturated carbocycles. The molecule has 25 heavy (non-hydrogen) atoms. The Balaban J connectivity index is 1.94. The maximum atomic E-state index is 12.4. The topological polar surface area (TPSA) is 54.7 Å². The number of rotatable bonds is 3. The van der Waals surface area contributed by atoms with Crippen molar-refractivity contribution in [2.24, 2.45) is 0 Å². The molecule has 0 amide bonds. The molecule has 5 nitrogen and oxygen atoms in total. The lowest BCUT2D eigenvalue weighted by molar-refractivity contribution is 0.138. The number of hydrogen-bond donors (Lipinski definition) is 1. The van der Waals surface area contributed by atoms with Gasteiger partial charge < -0.3 is 9.84 Å². The Morgan fingerprint density at radius 1 is 1.48 bits per heavy atom. The van der Waals surface area contributed by atoms with Crippen LogP contribution in [0, 0.1) is 0 Å². The molecule has 0 spiro atoms. The number of aliphatic hydroxyl groups excluding tert-OH is 1. The molecule has 2 atom stereocenters. The van der Waals surface area contributed by atoms with Crippen LogP contribution in [0.25, 0.3) is 10.9 Å². The van der Waals surface area contributed by atoms with Gasteiger partial charge in [0.25, 0.3) is 0 Å². The van der Waals surface area contributed by atoms with E-state index in [0.717, 1.165) is 42.4 Å². The van der Waals surface area contributed by atoms with Crippen LogP contribution in [-0.2, 0) is 17.8 Å². The molecule has 1 fully saturated rings. The monoisotopic (exact) mass is 340 g/mol. The molecule has 1 aromatic heterocycles. The number of piperidine rings is 1. The Bertz CT molecular complexity index is 839. The highest BCUT2D eigenvalue weighted by atomic mass is 16.5. The average molecular weight is 340 g/mol. The van der Waals surface area contributed by atoms with Gasteiger partial charge in [0.05, 0.1) is 24.9 Å². The standard InChI is InChI=1S/C20H24N2O3/c1-3-9-21-10-5-7-13-14-6-4-8-16-19(14)15(11-17(13)21)18(12-23)22(16)20(24)25-2/h3-4,6,8,13,17,23H,1,5,7,9-12H2,2H3/t13-,17-/m1/s1. The summed E-state index contributed by atoms with van der Waals surface area (Å²) in [6.45, 7) is 5.68. The van der Waals surface area contributed by atoms with Gasteiger partial charge in [-0.1, -0.05) is 18.2 Å². The molecule has 2 heterocycles. The first-order chi connectivity index (χ1) is 12.2. The van der Waals surface area contributed by atoms with Crippen LogP contribution in [0.3, 0.4) is 0 Å². The summed E-state index contributed by atoms with van der Waals surface area (Å²) in [4.78, 5) is 14.8. The predicted molar refractivity (Wildman–Crippen MR) is 96.9 cm³/mol. The lowest BCUT2D eigenvalue weighted by atomic mass is 9.74. The third-order valence-electron chi connectivity index (χ3n) is 5.81. The van der Waals surface area contributed by atoms with E-state index in [9.17, 15) is 9.90 Å². The largest absolute Gasteiger partial charge is 0.452 e. The molecule has 0 bridgehead atoms. The summed E-state index contributed by atoms with van der Waals surface area (Å²) in [5.74, 6) is 0.463. The van der Waals surface area contributed by atoms with Crippen LogP contribution in [-0.4, -0.2) is 46.9 Å². The van der Waals surface area contributed by atoms with E-state index in [1.807, 2.05) is 18.2 Å². The summed E-state index contributed by atoms with van der Waals surface area (Å²) in [6, 6.07) is 6.53. The number of methoxy groups -OCH3 is 1. The number of aliphatic hydroxyl groups is 1. The fraction of sp³-hybridized carbons (Fsp3) is 0.450. The summed E-state index contributed by atoms with van der Waals surface area (Å²) in [6.07, 6.45) is 4.71. The van der Waals surface area contributed by atoms with Crippen molar-refractivity contribution in [1.29, 1.82) is 0 Å². The molecule has 4 rings (SSSR count). The van der Waals surface area contributed by atoms with E-state index in [1.54, 1.807) is 4.57 Å². The van der Waals surface area contributed by atoms with E-state index in [-0.39, 0.29) is 6.61 Å². The predicted octanol–water partition coefficient (Wildman–Crippen LogP) is 3.04. The highest BCUT2D eigenvalue weighted by Crippen LogP contribution is 2.45. The number of carbonyl (C=O) groups is 1. The zero-order valence-corrected chi connectivity index (χ0v) is 14.6. The molecule has 1 aliphatic heterocycles. The SMILES string of the molecule is C=CCN1CCC[C@@H]2c3cccc4c3c(c(CO)n4C(=O)OC)C[C@H]21. The Morgan fingerprint density at radius 2 is 2.32 bits per heavy atom. The molecule has 1 N–H and O–H groups in total. The fourth-order valence-corrected chi connectivity index (χ4v) is 4.85. The van der Waals surface area contributed by atoms with Crippen molar-refractivity contribution < 1.29 is 14.6 Å². The van der Waals surface area contributed by atoms with Gasteiger partial charge in [-0.15, -0.1) is 6.58 Å². The summed E-state index contributed by atoms with van der Waals surface area (Å²) >= 11 is 0. The Hall–Kier alpha value is -2.11. The smallest absolute Gasteiger partial charge is 0.418 e. The van der Waals surface area contributed by atoms with Gasteiger partial charge in [0.15, 0.2) is 0 Å².